The predicted octanol–water partition coefficient (Wildman–Crippen LogP) is 2.29. The van der Waals surface area contributed by atoms with Crippen LogP contribution in [0.5, 0.6) is 0 Å². The van der Waals surface area contributed by atoms with E-state index in [0.717, 1.165) is 45.3 Å². The number of rotatable bonds is 2. The zero-order chi connectivity index (χ0) is 10.5. The summed E-state index contributed by atoms with van der Waals surface area (Å²) in [6.07, 6.45) is 6.89. The molecule has 3 nitrogen and oxygen atoms in total. The van der Waals surface area contributed by atoms with E-state index in [-0.39, 0.29) is 12.2 Å². The Bertz CT molecular complexity index is 209. The fourth-order valence-corrected chi connectivity index (χ4v) is 2.39. The molecule has 0 aromatic heterocycles. The van der Waals surface area contributed by atoms with Crippen molar-refractivity contribution in [1.82, 2.24) is 0 Å². The zero-order valence-electron chi connectivity index (χ0n) is 9.24. The molecule has 2 aliphatic rings. The van der Waals surface area contributed by atoms with Gasteiger partial charge in [-0.1, -0.05) is 12.8 Å². The lowest BCUT2D eigenvalue weighted by Crippen LogP contribution is -2.29. The maximum atomic E-state index is 11.8. The number of carbonyl (C=O) groups is 1. The highest BCUT2D eigenvalue weighted by Crippen LogP contribution is 2.25. The molecule has 15 heavy (non-hydrogen) atoms. The van der Waals surface area contributed by atoms with Crippen LogP contribution < -0.4 is 0 Å². The Morgan fingerprint density at radius 1 is 1.07 bits per heavy atom. The van der Waals surface area contributed by atoms with Crippen LogP contribution in [0, 0.1) is 5.92 Å². The first kappa shape index (κ1) is 11.1. The maximum Gasteiger partial charge on any atom is 0.158 e. The Labute approximate surface area is 91.1 Å². The van der Waals surface area contributed by atoms with Gasteiger partial charge in [0.25, 0.3) is 0 Å². The van der Waals surface area contributed by atoms with Crippen LogP contribution in [0.4, 0.5) is 0 Å². The van der Waals surface area contributed by atoms with Gasteiger partial charge in [0.15, 0.2) is 6.29 Å². The predicted molar refractivity (Wildman–Crippen MR) is 56.5 cm³/mol. The van der Waals surface area contributed by atoms with Crippen molar-refractivity contribution < 1.29 is 14.3 Å². The molecule has 1 atom stereocenters. The van der Waals surface area contributed by atoms with Gasteiger partial charge in [0.05, 0.1) is 13.2 Å². The Kier molecular flexibility index (Phi) is 4.15. The lowest BCUT2D eigenvalue weighted by molar-refractivity contribution is -0.187. The van der Waals surface area contributed by atoms with E-state index >= 15 is 0 Å². The van der Waals surface area contributed by atoms with Gasteiger partial charge >= 0.3 is 0 Å². The molecule has 86 valence electrons. The molecule has 1 saturated carbocycles. The lowest BCUT2D eigenvalue weighted by atomic mass is 9.95. The van der Waals surface area contributed by atoms with Crippen LogP contribution in [0.2, 0.25) is 0 Å². The van der Waals surface area contributed by atoms with Gasteiger partial charge in [-0.25, -0.2) is 0 Å². The number of Topliss-reactive ketones (excluding diaryl/α,β-unsaturated/α-hetero) is 1. The van der Waals surface area contributed by atoms with E-state index in [2.05, 4.69) is 0 Å². The van der Waals surface area contributed by atoms with Gasteiger partial charge in [-0.05, 0) is 19.3 Å². The van der Waals surface area contributed by atoms with Crippen LogP contribution in [-0.2, 0) is 14.3 Å². The third kappa shape index (κ3) is 3.28. The van der Waals surface area contributed by atoms with Crippen LogP contribution in [0.15, 0.2) is 0 Å². The highest BCUT2D eigenvalue weighted by Gasteiger charge is 2.26. The highest BCUT2D eigenvalue weighted by molar-refractivity contribution is 5.81. The van der Waals surface area contributed by atoms with Crippen LogP contribution in [0.25, 0.3) is 0 Å². The summed E-state index contributed by atoms with van der Waals surface area (Å²) < 4.78 is 11.0. The van der Waals surface area contributed by atoms with Crippen molar-refractivity contribution in [3.63, 3.8) is 0 Å². The SMILES string of the molecule is O=C1CCCCCC1CC1OCCCO1. The van der Waals surface area contributed by atoms with E-state index < -0.39 is 0 Å². The monoisotopic (exact) mass is 212 g/mol. The van der Waals surface area contributed by atoms with E-state index in [9.17, 15) is 4.79 Å². The molecule has 0 radical (unpaired) electrons. The van der Waals surface area contributed by atoms with Crippen LogP contribution in [0.3, 0.4) is 0 Å². The van der Waals surface area contributed by atoms with Crippen molar-refractivity contribution in [2.45, 2.75) is 51.2 Å². The topological polar surface area (TPSA) is 35.5 Å². The minimum Gasteiger partial charge on any atom is -0.353 e. The van der Waals surface area contributed by atoms with Gasteiger partial charge in [0.1, 0.15) is 5.78 Å². The van der Waals surface area contributed by atoms with Crippen molar-refractivity contribution in [3.8, 4) is 0 Å². The normalized spacial score (nSPS) is 30.1. The summed E-state index contributed by atoms with van der Waals surface area (Å²) in [6.45, 7) is 1.57. The third-order valence-electron chi connectivity index (χ3n) is 3.30. The van der Waals surface area contributed by atoms with E-state index in [1.807, 2.05) is 0 Å². The Morgan fingerprint density at radius 2 is 1.87 bits per heavy atom. The first-order valence-electron chi connectivity index (χ1n) is 6.12. The molecule has 0 aromatic rings. The summed E-state index contributed by atoms with van der Waals surface area (Å²) >= 11 is 0. The van der Waals surface area contributed by atoms with Crippen molar-refractivity contribution in [2.24, 2.45) is 5.92 Å². The molecular formula is C12H20O3. The van der Waals surface area contributed by atoms with E-state index in [1.54, 1.807) is 0 Å². The molecule has 1 saturated heterocycles. The third-order valence-corrected chi connectivity index (χ3v) is 3.30. The quantitative estimate of drug-likeness (QED) is 0.659. The highest BCUT2D eigenvalue weighted by atomic mass is 16.7. The minimum absolute atomic E-state index is 0.120. The van der Waals surface area contributed by atoms with Crippen LogP contribution in [-0.4, -0.2) is 25.3 Å². The Hall–Kier alpha value is -0.410. The molecule has 2 rings (SSSR count). The number of ether oxygens (including phenoxy) is 2. The Morgan fingerprint density at radius 3 is 2.67 bits per heavy atom. The largest absolute Gasteiger partial charge is 0.353 e. The number of hydrogen-bond donors (Lipinski definition) is 0. The molecule has 0 bridgehead atoms. The van der Waals surface area contributed by atoms with E-state index in [4.69, 9.17) is 9.47 Å². The van der Waals surface area contributed by atoms with Gasteiger partial charge in [0, 0.05) is 18.8 Å². The second-order valence-corrected chi connectivity index (χ2v) is 4.52. The van der Waals surface area contributed by atoms with E-state index in [0.29, 0.717) is 5.78 Å². The molecule has 1 aliphatic heterocycles. The second-order valence-electron chi connectivity index (χ2n) is 4.52. The fraction of sp³-hybridized carbons (Fsp3) is 0.917. The molecule has 0 spiro atoms. The first-order chi connectivity index (χ1) is 7.36. The molecule has 0 amide bonds. The van der Waals surface area contributed by atoms with Crippen molar-refractivity contribution in [3.05, 3.63) is 0 Å². The van der Waals surface area contributed by atoms with Crippen molar-refractivity contribution in [1.29, 1.82) is 0 Å². The molecular weight excluding hydrogens is 192 g/mol. The molecule has 0 aromatic carbocycles. The summed E-state index contributed by atoms with van der Waals surface area (Å²) in [5, 5.41) is 0. The van der Waals surface area contributed by atoms with Crippen molar-refractivity contribution in [2.75, 3.05) is 13.2 Å². The van der Waals surface area contributed by atoms with Crippen molar-refractivity contribution >= 4 is 5.78 Å². The summed E-state index contributed by atoms with van der Waals surface area (Å²) in [6, 6.07) is 0. The average molecular weight is 212 g/mol. The zero-order valence-corrected chi connectivity index (χ0v) is 9.24. The average Bonchev–Trinajstić information content (AvgIpc) is 2.46. The number of carbonyl (C=O) groups excluding carboxylic acids is 1. The molecule has 1 heterocycles. The summed E-state index contributed by atoms with van der Waals surface area (Å²) in [4.78, 5) is 11.8. The second kappa shape index (κ2) is 5.61. The van der Waals surface area contributed by atoms with Gasteiger partial charge in [-0.3, -0.25) is 4.79 Å². The number of ketones is 1. The lowest BCUT2D eigenvalue weighted by Gasteiger charge is -2.26. The standard InChI is InChI=1S/C12H20O3/c13-11-6-3-1-2-5-10(11)9-12-14-7-4-8-15-12/h10,12H,1-9H2. The van der Waals surface area contributed by atoms with Gasteiger partial charge in [-0.2, -0.15) is 0 Å². The van der Waals surface area contributed by atoms with E-state index in [1.165, 1.54) is 12.8 Å². The van der Waals surface area contributed by atoms with Gasteiger partial charge in [0.2, 0.25) is 0 Å². The molecule has 3 heteroatoms. The maximum absolute atomic E-state index is 11.8. The number of hydrogen-bond acceptors (Lipinski definition) is 3. The molecule has 2 fully saturated rings. The summed E-state index contributed by atoms with van der Waals surface area (Å²) in [7, 11) is 0. The summed E-state index contributed by atoms with van der Waals surface area (Å²) in [5.74, 6) is 0.612. The Balaban J connectivity index is 1.82. The molecule has 1 aliphatic carbocycles. The van der Waals surface area contributed by atoms with Crippen LogP contribution >= 0.6 is 0 Å². The first-order valence-corrected chi connectivity index (χ1v) is 6.12. The molecule has 0 N–H and O–H groups in total. The van der Waals surface area contributed by atoms with Crippen LogP contribution in [0.1, 0.15) is 44.9 Å². The fourth-order valence-electron chi connectivity index (χ4n) is 2.39. The van der Waals surface area contributed by atoms with Gasteiger partial charge < -0.3 is 9.47 Å². The summed E-state index contributed by atoms with van der Waals surface area (Å²) in [5.41, 5.74) is 0. The molecule has 1 unspecified atom stereocenters. The minimum atomic E-state index is -0.120. The smallest absolute Gasteiger partial charge is 0.158 e. The van der Waals surface area contributed by atoms with Gasteiger partial charge in [-0.15, -0.1) is 0 Å².